The van der Waals surface area contributed by atoms with Gasteiger partial charge >= 0.3 is 0 Å². The molecule has 2 aromatic rings. The molecule has 4 nitrogen and oxygen atoms in total. The Kier molecular flexibility index (Phi) is 3.48. The number of rotatable bonds is 2. The summed E-state index contributed by atoms with van der Waals surface area (Å²) in [6.45, 7) is 1.31. The molecule has 0 aliphatic rings. The van der Waals surface area contributed by atoms with Gasteiger partial charge in [-0.05, 0) is 18.2 Å². The van der Waals surface area contributed by atoms with Gasteiger partial charge in [-0.3, -0.25) is 19.9 Å². The zero-order valence-electron chi connectivity index (χ0n) is 9.88. The van der Waals surface area contributed by atoms with E-state index in [4.69, 9.17) is 0 Å². The Labute approximate surface area is 105 Å². The van der Waals surface area contributed by atoms with Crippen molar-refractivity contribution < 1.29 is 9.59 Å². The van der Waals surface area contributed by atoms with Crippen molar-refractivity contribution in [2.75, 3.05) is 0 Å². The van der Waals surface area contributed by atoms with Gasteiger partial charge in [-0.1, -0.05) is 24.3 Å². The van der Waals surface area contributed by atoms with E-state index in [2.05, 4.69) is 10.3 Å². The first-order valence-electron chi connectivity index (χ1n) is 5.51. The topological polar surface area (TPSA) is 59.1 Å². The van der Waals surface area contributed by atoms with Gasteiger partial charge in [0.1, 0.15) is 0 Å². The fraction of sp³-hybridized carbons (Fsp3) is 0.0714. The zero-order chi connectivity index (χ0) is 13.0. The summed E-state index contributed by atoms with van der Waals surface area (Å²) in [5, 5.41) is 2.26. The molecule has 90 valence electrons. The van der Waals surface area contributed by atoms with Crippen LogP contribution in [0.2, 0.25) is 0 Å². The number of amides is 2. The average Bonchev–Trinajstić information content (AvgIpc) is 2.39. The number of carbonyl (C=O) groups is 2. The lowest BCUT2D eigenvalue weighted by molar-refractivity contribution is -0.118. The van der Waals surface area contributed by atoms with E-state index in [1.807, 2.05) is 24.3 Å². The first kappa shape index (κ1) is 12.0. The number of carbonyl (C=O) groups excluding carboxylic acids is 2. The van der Waals surface area contributed by atoms with E-state index in [0.29, 0.717) is 16.8 Å². The van der Waals surface area contributed by atoms with Gasteiger partial charge in [-0.15, -0.1) is 0 Å². The normalized spacial score (nSPS) is 9.83. The minimum Gasteiger partial charge on any atom is -0.293 e. The predicted octanol–water partition coefficient (Wildman–Crippen LogP) is 2.02. The van der Waals surface area contributed by atoms with Crippen LogP contribution in [-0.2, 0) is 4.79 Å². The van der Waals surface area contributed by atoms with E-state index in [1.165, 1.54) is 6.92 Å². The fourth-order valence-corrected chi connectivity index (χ4v) is 1.65. The number of imide groups is 1. The Balaban J connectivity index is 2.44. The van der Waals surface area contributed by atoms with Crippen molar-refractivity contribution in [3.63, 3.8) is 0 Å². The summed E-state index contributed by atoms with van der Waals surface area (Å²) in [5.74, 6) is -0.792. The number of pyridine rings is 1. The van der Waals surface area contributed by atoms with Crippen LogP contribution in [0.4, 0.5) is 0 Å². The minimum atomic E-state index is -0.413. The lowest BCUT2D eigenvalue weighted by atomic mass is 10.0. The van der Waals surface area contributed by atoms with E-state index >= 15 is 0 Å². The molecule has 0 spiro atoms. The molecule has 0 bridgehead atoms. The van der Waals surface area contributed by atoms with Gasteiger partial charge in [0.15, 0.2) is 0 Å². The molecule has 18 heavy (non-hydrogen) atoms. The first-order chi connectivity index (χ1) is 8.68. The van der Waals surface area contributed by atoms with Gasteiger partial charge in [0, 0.05) is 24.2 Å². The number of nitrogens with zero attached hydrogens (tertiary/aromatic N) is 1. The van der Waals surface area contributed by atoms with Crippen molar-refractivity contribution >= 4 is 11.8 Å². The Morgan fingerprint density at radius 3 is 2.44 bits per heavy atom. The van der Waals surface area contributed by atoms with E-state index in [-0.39, 0.29) is 5.91 Å². The molecule has 1 heterocycles. The maximum Gasteiger partial charge on any atom is 0.258 e. The van der Waals surface area contributed by atoms with Crippen molar-refractivity contribution in [3.8, 4) is 11.3 Å². The molecule has 1 aromatic carbocycles. The molecule has 0 aliphatic carbocycles. The summed E-state index contributed by atoms with van der Waals surface area (Å²) in [7, 11) is 0. The van der Waals surface area contributed by atoms with Crippen molar-refractivity contribution in [1.82, 2.24) is 10.3 Å². The summed E-state index contributed by atoms with van der Waals surface area (Å²) in [4.78, 5) is 27.0. The molecule has 0 unspecified atom stereocenters. The zero-order valence-corrected chi connectivity index (χ0v) is 9.88. The van der Waals surface area contributed by atoms with Crippen LogP contribution >= 0.6 is 0 Å². The highest BCUT2D eigenvalue weighted by atomic mass is 16.2. The van der Waals surface area contributed by atoms with Crippen LogP contribution < -0.4 is 5.32 Å². The van der Waals surface area contributed by atoms with Crippen LogP contribution in [0.25, 0.3) is 11.3 Å². The minimum absolute atomic E-state index is 0.379. The molecule has 1 aromatic heterocycles. The maximum absolute atomic E-state index is 11.9. The number of hydrogen-bond donors (Lipinski definition) is 1. The summed E-state index contributed by atoms with van der Waals surface area (Å²) in [6.07, 6.45) is 1.66. The fourth-order valence-electron chi connectivity index (χ4n) is 1.65. The Morgan fingerprint density at radius 2 is 1.78 bits per heavy atom. The summed E-state index contributed by atoms with van der Waals surface area (Å²) in [6, 6.07) is 12.5. The molecule has 0 saturated heterocycles. The van der Waals surface area contributed by atoms with Crippen molar-refractivity contribution in [2.45, 2.75) is 6.92 Å². The molecule has 4 heteroatoms. The molecule has 0 saturated carbocycles. The second kappa shape index (κ2) is 5.23. The summed E-state index contributed by atoms with van der Waals surface area (Å²) >= 11 is 0. The van der Waals surface area contributed by atoms with Gasteiger partial charge in [0.25, 0.3) is 5.91 Å². The number of benzene rings is 1. The lowest BCUT2D eigenvalue weighted by Gasteiger charge is -2.07. The van der Waals surface area contributed by atoms with Crippen LogP contribution in [0.1, 0.15) is 17.3 Å². The predicted molar refractivity (Wildman–Crippen MR) is 67.8 cm³/mol. The van der Waals surface area contributed by atoms with E-state index in [9.17, 15) is 9.59 Å². The second-order valence-corrected chi connectivity index (χ2v) is 3.77. The van der Waals surface area contributed by atoms with Crippen molar-refractivity contribution in [1.29, 1.82) is 0 Å². The van der Waals surface area contributed by atoms with E-state index in [1.54, 1.807) is 24.4 Å². The molecule has 0 fully saturated rings. The number of aromatic nitrogens is 1. The van der Waals surface area contributed by atoms with Crippen molar-refractivity contribution in [3.05, 3.63) is 54.2 Å². The smallest absolute Gasteiger partial charge is 0.258 e. The van der Waals surface area contributed by atoms with Crippen LogP contribution in [0, 0.1) is 0 Å². The quantitative estimate of drug-likeness (QED) is 0.873. The van der Waals surface area contributed by atoms with E-state index in [0.717, 1.165) is 0 Å². The molecule has 0 atom stereocenters. The molecule has 0 radical (unpaired) electrons. The van der Waals surface area contributed by atoms with Crippen LogP contribution in [0.3, 0.4) is 0 Å². The third kappa shape index (κ3) is 2.60. The molecular weight excluding hydrogens is 228 g/mol. The Hall–Kier alpha value is -2.49. The largest absolute Gasteiger partial charge is 0.293 e. The van der Waals surface area contributed by atoms with Gasteiger partial charge in [0.2, 0.25) is 5.91 Å². The summed E-state index contributed by atoms with van der Waals surface area (Å²) < 4.78 is 0. The number of nitrogens with one attached hydrogen (secondary N) is 1. The SMILES string of the molecule is CC(=O)NC(=O)c1ccccc1-c1ccccn1. The second-order valence-electron chi connectivity index (χ2n) is 3.77. The van der Waals surface area contributed by atoms with Crippen LogP contribution in [0.5, 0.6) is 0 Å². The maximum atomic E-state index is 11.9. The Bertz CT molecular complexity index is 579. The van der Waals surface area contributed by atoms with Gasteiger partial charge < -0.3 is 0 Å². The highest BCUT2D eigenvalue weighted by molar-refractivity contribution is 6.07. The van der Waals surface area contributed by atoms with Crippen LogP contribution in [0.15, 0.2) is 48.7 Å². The lowest BCUT2D eigenvalue weighted by Crippen LogP contribution is -2.28. The average molecular weight is 240 g/mol. The van der Waals surface area contributed by atoms with Crippen LogP contribution in [-0.4, -0.2) is 16.8 Å². The monoisotopic (exact) mass is 240 g/mol. The molecule has 1 N–H and O–H groups in total. The highest BCUT2D eigenvalue weighted by Gasteiger charge is 2.13. The van der Waals surface area contributed by atoms with E-state index < -0.39 is 5.91 Å². The standard InChI is InChI=1S/C14H12N2O2/c1-10(17)16-14(18)12-7-3-2-6-11(12)13-8-4-5-9-15-13/h2-9H,1H3,(H,16,17,18). The highest BCUT2D eigenvalue weighted by Crippen LogP contribution is 2.21. The Morgan fingerprint density at radius 1 is 1.06 bits per heavy atom. The van der Waals surface area contributed by atoms with Crippen molar-refractivity contribution in [2.24, 2.45) is 0 Å². The van der Waals surface area contributed by atoms with Gasteiger partial charge in [-0.2, -0.15) is 0 Å². The van der Waals surface area contributed by atoms with Gasteiger partial charge in [-0.25, -0.2) is 0 Å². The van der Waals surface area contributed by atoms with Gasteiger partial charge in [0.05, 0.1) is 5.69 Å². The molecule has 0 aliphatic heterocycles. The third-order valence-electron chi connectivity index (χ3n) is 2.40. The third-order valence-corrected chi connectivity index (χ3v) is 2.40. The molecule has 2 rings (SSSR count). The summed E-state index contributed by atoms with van der Waals surface area (Å²) in [5.41, 5.74) is 1.84. The molecular formula is C14H12N2O2. The number of hydrogen-bond acceptors (Lipinski definition) is 3. The first-order valence-corrected chi connectivity index (χ1v) is 5.51. The molecule has 2 amide bonds.